The van der Waals surface area contributed by atoms with E-state index < -0.39 is 6.04 Å². The van der Waals surface area contributed by atoms with Crippen molar-refractivity contribution in [2.75, 3.05) is 26.1 Å². The number of imidazole rings is 1. The van der Waals surface area contributed by atoms with Gasteiger partial charge in [0.05, 0.1) is 14.2 Å². The van der Waals surface area contributed by atoms with Crippen LogP contribution in [0.25, 0.3) is 5.82 Å². The number of rotatable bonds is 11. The number of benzene rings is 1. The van der Waals surface area contributed by atoms with E-state index >= 15 is 0 Å². The number of anilines is 1. The van der Waals surface area contributed by atoms with Crippen LogP contribution in [0.1, 0.15) is 10.4 Å². The van der Waals surface area contributed by atoms with Gasteiger partial charge in [-0.2, -0.15) is 0 Å². The Bertz CT molecular complexity index is 1200. The maximum absolute atomic E-state index is 13.1. The lowest BCUT2D eigenvalue weighted by Gasteiger charge is -2.19. The molecule has 0 fully saturated rings. The van der Waals surface area contributed by atoms with Crippen LogP contribution in [-0.4, -0.2) is 52.2 Å². The van der Waals surface area contributed by atoms with Gasteiger partial charge in [0.15, 0.2) is 11.5 Å². The first-order chi connectivity index (χ1) is 16.7. The van der Waals surface area contributed by atoms with Gasteiger partial charge in [0.25, 0.3) is 0 Å². The summed E-state index contributed by atoms with van der Waals surface area (Å²) in [6.07, 6.45) is 7.82. The predicted molar refractivity (Wildman–Crippen MR) is 131 cm³/mol. The number of thiophene rings is 1. The lowest BCUT2D eigenvalue weighted by Crippen LogP contribution is -2.42. The first-order valence-electron chi connectivity index (χ1n) is 10.7. The van der Waals surface area contributed by atoms with Gasteiger partial charge in [0.1, 0.15) is 30.3 Å². The van der Waals surface area contributed by atoms with E-state index in [0.717, 1.165) is 10.4 Å². The monoisotopic (exact) mass is 478 g/mol. The largest absolute Gasteiger partial charge is 0.493 e. The van der Waals surface area contributed by atoms with Crippen molar-refractivity contribution in [2.45, 2.75) is 18.9 Å². The normalized spacial score (nSPS) is 11.6. The van der Waals surface area contributed by atoms with Gasteiger partial charge in [0, 0.05) is 36.3 Å². The van der Waals surface area contributed by atoms with Gasteiger partial charge in [-0.05, 0) is 35.6 Å². The molecule has 1 atom stereocenters. The van der Waals surface area contributed by atoms with Gasteiger partial charge in [0.2, 0.25) is 5.91 Å². The molecular weight excluding hydrogens is 452 g/mol. The van der Waals surface area contributed by atoms with Gasteiger partial charge in [-0.15, -0.1) is 11.3 Å². The Balaban J connectivity index is 1.42. The highest BCUT2D eigenvalue weighted by Gasteiger charge is 2.20. The number of methoxy groups -OCH3 is 2. The first-order valence-corrected chi connectivity index (χ1v) is 11.6. The molecule has 0 bridgehead atoms. The van der Waals surface area contributed by atoms with Crippen LogP contribution in [0.5, 0.6) is 11.5 Å². The van der Waals surface area contributed by atoms with Crippen LogP contribution in [0.4, 0.5) is 5.82 Å². The Labute approximate surface area is 201 Å². The third-order valence-electron chi connectivity index (χ3n) is 5.21. The summed E-state index contributed by atoms with van der Waals surface area (Å²) in [7, 11) is 3.21. The fourth-order valence-electron chi connectivity index (χ4n) is 3.47. The zero-order valence-corrected chi connectivity index (χ0v) is 19.8. The number of carbonyl (C=O) groups excluding carboxylic acids is 1. The van der Waals surface area contributed by atoms with Crippen molar-refractivity contribution in [1.29, 1.82) is 0 Å². The molecule has 4 rings (SSSR count). The molecule has 0 saturated carbocycles. The van der Waals surface area contributed by atoms with Gasteiger partial charge < -0.3 is 20.1 Å². The molecular formula is C24H26N6O3S. The molecule has 34 heavy (non-hydrogen) atoms. The number of hydrogen-bond acceptors (Lipinski definition) is 8. The number of carbonyl (C=O) groups is 1. The summed E-state index contributed by atoms with van der Waals surface area (Å²) in [6, 6.07) is 11.1. The summed E-state index contributed by atoms with van der Waals surface area (Å²) < 4.78 is 12.4. The molecule has 0 spiro atoms. The van der Waals surface area contributed by atoms with E-state index in [2.05, 4.69) is 25.6 Å². The van der Waals surface area contributed by atoms with E-state index in [1.165, 1.54) is 6.33 Å². The minimum Gasteiger partial charge on any atom is -0.493 e. The molecule has 1 amide bonds. The van der Waals surface area contributed by atoms with E-state index in [1.807, 2.05) is 35.7 Å². The van der Waals surface area contributed by atoms with Crippen LogP contribution in [-0.2, 0) is 17.6 Å². The molecule has 0 radical (unpaired) electrons. The van der Waals surface area contributed by atoms with E-state index in [0.29, 0.717) is 42.5 Å². The minimum absolute atomic E-state index is 0.100. The highest BCUT2D eigenvalue weighted by molar-refractivity contribution is 7.09. The Morgan fingerprint density at radius 2 is 2.03 bits per heavy atom. The lowest BCUT2D eigenvalue weighted by atomic mass is 10.1. The molecule has 0 aliphatic heterocycles. The van der Waals surface area contributed by atoms with Crippen LogP contribution in [0, 0.1) is 0 Å². The van der Waals surface area contributed by atoms with Crippen LogP contribution >= 0.6 is 11.3 Å². The van der Waals surface area contributed by atoms with Crippen molar-refractivity contribution >= 4 is 23.1 Å². The number of amides is 1. The number of ether oxygens (including phenoxy) is 2. The molecule has 176 valence electrons. The van der Waals surface area contributed by atoms with E-state index in [1.54, 1.807) is 54.9 Å². The van der Waals surface area contributed by atoms with Crippen LogP contribution in [0.3, 0.4) is 0 Å². The standard InChI is InChI=1S/C24H26N6O3S/c1-32-20-6-5-17(12-21(20)33-2)7-8-26-24(31)19(13-18-4-3-11-34-18)29-22-14-23(28-15-27-22)30-10-9-25-16-30/h3-6,9-12,14-16,19H,7-8,13H2,1-2H3,(H,26,31)(H,27,28,29). The molecule has 9 nitrogen and oxygen atoms in total. The third-order valence-corrected chi connectivity index (χ3v) is 6.11. The molecule has 0 aliphatic rings. The molecule has 2 N–H and O–H groups in total. The topological polar surface area (TPSA) is 103 Å². The average molecular weight is 479 g/mol. The smallest absolute Gasteiger partial charge is 0.242 e. The summed E-state index contributed by atoms with van der Waals surface area (Å²) in [5.41, 5.74) is 1.04. The van der Waals surface area contributed by atoms with Gasteiger partial charge in [-0.1, -0.05) is 12.1 Å². The molecule has 0 aliphatic carbocycles. The Morgan fingerprint density at radius 1 is 1.15 bits per heavy atom. The molecule has 1 aromatic carbocycles. The minimum atomic E-state index is -0.491. The quantitative estimate of drug-likeness (QED) is 0.341. The van der Waals surface area contributed by atoms with Crippen LogP contribution in [0.15, 0.2) is 66.8 Å². The summed E-state index contributed by atoms with van der Waals surface area (Å²) in [5, 5.41) is 8.32. The van der Waals surface area contributed by atoms with Crippen LogP contribution in [0.2, 0.25) is 0 Å². The summed E-state index contributed by atoms with van der Waals surface area (Å²) in [4.78, 5) is 26.9. The van der Waals surface area contributed by atoms with Crippen molar-refractivity contribution < 1.29 is 14.3 Å². The number of aromatic nitrogens is 4. The number of nitrogens with zero attached hydrogens (tertiary/aromatic N) is 4. The lowest BCUT2D eigenvalue weighted by molar-refractivity contribution is -0.121. The Morgan fingerprint density at radius 3 is 2.76 bits per heavy atom. The van der Waals surface area contributed by atoms with Crippen molar-refractivity contribution in [3.63, 3.8) is 0 Å². The van der Waals surface area contributed by atoms with Crippen LogP contribution < -0.4 is 20.1 Å². The Hall–Kier alpha value is -3.92. The van der Waals surface area contributed by atoms with Gasteiger partial charge in [-0.25, -0.2) is 15.0 Å². The highest BCUT2D eigenvalue weighted by Crippen LogP contribution is 2.27. The predicted octanol–water partition coefficient (Wildman–Crippen LogP) is 3.12. The zero-order chi connectivity index (χ0) is 23.8. The SMILES string of the molecule is COc1ccc(CCNC(=O)C(Cc2cccs2)Nc2cc(-n3ccnc3)ncn2)cc1OC. The summed E-state index contributed by atoms with van der Waals surface area (Å²) in [5.74, 6) is 2.47. The van der Waals surface area contributed by atoms with Crippen molar-refractivity contribution in [2.24, 2.45) is 0 Å². The van der Waals surface area contributed by atoms with Gasteiger partial charge in [-0.3, -0.25) is 9.36 Å². The molecule has 1 unspecified atom stereocenters. The fraction of sp³-hybridized carbons (Fsp3) is 0.250. The maximum Gasteiger partial charge on any atom is 0.242 e. The molecule has 4 aromatic rings. The number of hydrogen-bond donors (Lipinski definition) is 2. The van der Waals surface area contributed by atoms with Gasteiger partial charge >= 0.3 is 0 Å². The maximum atomic E-state index is 13.1. The second-order valence-corrected chi connectivity index (χ2v) is 8.47. The van der Waals surface area contributed by atoms with Crippen molar-refractivity contribution in [1.82, 2.24) is 24.8 Å². The zero-order valence-electron chi connectivity index (χ0n) is 19.0. The molecule has 10 heteroatoms. The van der Waals surface area contributed by atoms with E-state index in [4.69, 9.17) is 9.47 Å². The van der Waals surface area contributed by atoms with E-state index in [-0.39, 0.29) is 5.91 Å². The molecule has 0 saturated heterocycles. The van der Waals surface area contributed by atoms with Crippen molar-refractivity contribution in [3.05, 3.63) is 77.3 Å². The highest BCUT2D eigenvalue weighted by atomic mass is 32.1. The first kappa shape index (κ1) is 23.2. The third kappa shape index (κ3) is 5.90. The second-order valence-electron chi connectivity index (χ2n) is 7.44. The molecule has 3 aromatic heterocycles. The van der Waals surface area contributed by atoms with E-state index in [9.17, 15) is 4.79 Å². The fourth-order valence-corrected chi connectivity index (χ4v) is 4.22. The van der Waals surface area contributed by atoms with Crippen molar-refractivity contribution in [3.8, 4) is 17.3 Å². The summed E-state index contributed by atoms with van der Waals surface area (Å²) in [6.45, 7) is 0.487. The number of nitrogens with one attached hydrogen (secondary N) is 2. The molecule has 3 heterocycles. The Kier molecular flexibility index (Phi) is 7.71. The summed E-state index contributed by atoms with van der Waals surface area (Å²) >= 11 is 1.62. The second kappa shape index (κ2) is 11.3. The average Bonchev–Trinajstić information content (AvgIpc) is 3.58.